The molecule has 3 heterocycles. The number of carbonyl (C=O) groups is 1. The molecule has 5 rings (SSSR count). The molecule has 0 bridgehead atoms. The Morgan fingerprint density at radius 3 is 2.52 bits per heavy atom. The van der Waals surface area contributed by atoms with Gasteiger partial charge in [-0.1, -0.05) is 48.0 Å². The molecular formula is C24H19BrN4OS. The maximum Gasteiger partial charge on any atom is 0.230 e. The number of halogens is 1. The van der Waals surface area contributed by atoms with E-state index in [1.807, 2.05) is 47.3 Å². The van der Waals surface area contributed by atoms with Gasteiger partial charge in [0.05, 0.1) is 26.1 Å². The van der Waals surface area contributed by atoms with Gasteiger partial charge >= 0.3 is 0 Å². The van der Waals surface area contributed by atoms with Gasteiger partial charge in [-0.2, -0.15) is 10.2 Å². The lowest BCUT2D eigenvalue weighted by Crippen LogP contribution is -2.17. The molecule has 0 saturated heterocycles. The van der Waals surface area contributed by atoms with Crippen molar-refractivity contribution >= 4 is 39.4 Å². The van der Waals surface area contributed by atoms with E-state index >= 15 is 0 Å². The van der Waals surface area contributed by atoms with Crippen molar-refractivity contribution in [2.24, 2.45) is 5.10 Å². The molecule has 154 valence electrons. The molecule has 0 radical (unpaired) electrons. The molecular weight excluding hydrogens is 472 g/mol. The second kappa shape index (κ2) is 8.24. The predicted octanol–water partition coefficient (Wildman–Crippen LogP) is 5.98. The zero-order chi connectivity index (χ0) is 21.4. The monoisotopic (exact) mass is 490 g/mol. The number of aryl methyl sites for hydroxylation is 1. The van der Waals surface area contributed by atoms with Crippen molar-refractivity contribution in [3.8, 4) is 16.3 Å². The quantitative estimate of drug-likeness (QED) is 0.323. The molecule has 1 unspecified atom stereocenters. The van der Waals surface area contributed by atoms with Gasteiger partial charge in [0, 0.05) is 18.2 Å². The molecule has 0 spiro atoms. The first-order valence-corrected chi connectivity index (χ1v) is 11.5. The van der Waals surface area contributed by atoms with Crippen LogP contribution in [0, 0.1) is 6.92 Å². The van der Waals surface area contributed by atoms with Gasteiger partial charge in [-0.15, -0.1) is 11.3 Å². The summed E-state index contributed by atoms with van der Waals surface area (Å²) >= 11 is 5.18. The van der Waals surface area contributed by atoms with E-state index in [4.69, 9.17) is 5.10 Å². The van der Waals surface area contributed by atoms with Gasteiger partial charge in [0.15, 0.2) is 0 Å². The highest BCUT2D eigenvalue weighted by atomic mass is 79.9. The van der Waals surface area contributed by atoms with Crippen LogP contribution in [0.4, 0.5) is 0 Å². The van der Waals surface area contributed by atoms with Crippen LogP contribution in [-0.4, -0.2) is 26.9 Å². The highest BCUT2D eigenvalue weighted by Crippen LogP contribution is 2.40. The molecule has 5 nitrogen and oxygen atoms in total. The molecule has 2 aromatic heterocycles. The summed E-state index contributed by atoms with van der Waals surface area (Å²) in [4.78, 5) is 13.0. The summed E-state index contributed by atoms with van der Waals surface area (Å²) < 4.78 is 2.92. The van der Waals surface area contributed by atoms with E-state index in [2.05, 4.69) is 58.3 Å². The van der Waals surface area contributed by atoms with Crippen molar-refractivity contribution in [2.75, 3.05) is 0 Å². The third kappa shape index (κ3) is 3.86. The van der Waals surface area contributed by atoms with Gasteiger partial charge in [-0.05, 0) is 52.7 Å². The van der Waals surface area contributed by atoms with Crippen molar-refractivity contribution in [3.63, 3.8) is 0 Å². The molecule has 7 heteroatoms. The average molecular weight is 491 g/mol. The molecule has 0 N–H and O–H groups in total. The fourth-order valence-corrected chi connectivity index (χ4v) is 5.17. The Labute approximate surface area is 192 Å². The summed E-state index contributed by atoms with van der Waals surface area (Å²) in [5.41, 5.74) is 5.97. The number of carbonyl (C=O) groups excluding carboxylic acids is 1. The summed E-state index contributed by atoms with van der Waals surface area (Å²) in [5.74, 6) is 0. The number of nitrogens with zero attached hydrogens (tertiary/aromatic N) is 4. The summed E-state index contributed by atoms with van der Waals surface area (Å²) in [6.07, 6.45) is 3.47. The number of para-hydroxylation sites is 1. The standard InChI is InChI=1S/C24H19BrN4OS/c1-16-7-9-17(10-8-16)20-13-21(29(15-30)26-20)19-14-28(18-5-3-2-4-6-18)27-24(19)22-11-12-23(25)31-22/h2-12,14-15,21H,13H2,1H3. The maximum atomic E-state index is 11.9. The summed E-state index contributed by atoms with van der Waals surface area (Å²) in [5, 5.41) is 11.0. The minimum atomic E-state index is -0.206. The van der Waals surface area contributed by atoms with Gasteiger partial charge in [0.25, 0.3) is 0 Å². The lowest BCUT2D eigenvalue weighted by molar-refractivity contribution is -0.119. The Hall–Kier alpha value is -3.03. The lowest BCUT2D eigenvalue weighted by atomic mass is 9.98. The SMILES string of the molecule is Cc1ccc(C2=NN(C=O)C(c3cn(-c4ccccc4)nc3-c3ccc(Br)s3)C2)cc1. The number of aromatic nitrogens is 2. The van der Waals surface area contributed by atoms with Crippen LogP contribution in [0.3, 0.4) is 0 Å². The summed E-state index contributed by atoms with van der Waals surface area (Å²) in [6, 6.07) is 22.1. The van der Waals surface area contributed by atoms with E-state index in [9.17, 15) is 4.79 Å². The summed E-state index contributed by atoms with van der Waals surface area (Å²) in [7, 11) is 0. The molecule has 1 aliphatic rings. The first kappa shape index (κ1) is 19.9. The van der Waals surface area contributed by atoms with Crippen LogP contribution in [0.5, 0.6) is 0 Å². The zero-order valence-electron chi connectivity index (χ0n) is 16.8. The number of hydrogen-bond donors (Lipinski definition) is 0. The lowest BCUT2D eigenvalue weighted by Gasteiger charge is -2.16. The van der Waals surface area contributed by atoms with E-state index in [1.54, 1.807) is 11.3 Å². The zero-order valence-corrected chi connectivity index (χ0v) is 19.2. The van der Waals surface area contributed by atoms with Crippen LogP contribution >= 0.6 is 27.3 Å². The molecule has 1 atom stereocenters. The molecule has 2 aromatic carbocycles. The van der Waals surface area contributed by atoms with Gasteiger partial charge < -0.3 is 0 Å². The molecule has 31 heavy (non-hydrogen) atoms. The van der Waals surface area contributed by atoms with Crippen molar-refractivity contribution in [1.82, 2.24) is 14.8 Å². The normalized spacial score (nSPS) is 15.9. The predicted molar refractivity (Wildman–Crippen MR) is 128 cm³/mol. The number of amides is 1. The van der Waals surface area contributed by atoms with E-state index in [-0.39, 0.29) is 6.04 Å². The van der Waals surface area contributed by atoms with E-state index in [0.717, 1.165) is 43.3 Å². The van der Waals surface area contributed by atoms with E-state index in [0.29, 0.717) is 6.42 Å². The van der Waals surface area contributed by atoms with Gasteiger partial charge in [-0.25, -0.2) is 9.69 Å². The van der Waals surface area contributed by atoms with Crippen molar-refractivity contribution in [3.05, 3.63) is 93.4 Å². The highest BCUT2D eigenvalue weighted by Gasteiger charge is 2.32. The minimum absolute atomic E-state index is 0.206. The van der Waals surface area contributed by atoms with E-state index < -0.39 is 0 Å². The van der Waals surface area contributed by atoms with Crippen LogP contribution in [0.2, 0.25) is 0 Å². The average Bonchev–Trinajstić information content (AvgIpc) is 3.52. The van der Waals surface area contributed by atoms with Crippen LogP contribution < -0.4 is 0 Å². The van der Waals surface area contributed by atoms with Crippen molar-refractivity contribution in [1.29, 1.82) is 0 Å². The first-order valence-electron chi connectivity index (χ1n) is 9.91. The van der Waals surface area contributed by atoms with Crippen molar-refractivity contribution < 1.29 is 4.79 Å². The topological polar surface area (TPSA) is 50.5 Å². The third-order valence-corrected chi connectivity index (χ3v) is 6.99. The first-order chi connectivity index (χ1) is 15.1. The Morgan fingerprint density at radius 1 is 1.06 bits per heavy atom. The number of hydrogen-bond acceptors (Lipinski definition) is 4. The van der Waals surface area contributed by atoms with Crippen molar-refractivity contribution in [2.45, 2.75) is 19.4 Å². The number of hydrazone groups is 1. The third-order valence-electron chi connectivity index (χ3n) is 5.36. The maximum absolute atomic E-state index is 11.9. The Morgan fingerprint density at radius 2 is 1.84 bits per heavy atom. The number of benzene rings is 2. The van der Waals surface area contributed by atoms with Crippen LogP contribution in [0.15, 0.2) is 81.8 Å². The Balaban J connectivity index is 1.58. The molecule has 0 fully saturated rings. The Bertz CT molecular complexity index is 1260. The van der Waals surface area contributed by atoms with E-state index in [1.165, 1.54) is 10.6 Å². The van der Waals surface area contributed by atoms with Crippen LogP contribution in [0.25, 0.3) is 16.3 Å². The molecule has 1 aliphatic heterocycles. The number of rotatable bonds is 5. The molecule has 0 aliphatic carbocycles. The summed E-state index contributed by atoms with van der Waals surface area (Å²) in [6.45, 7) is 2.06. The van der Waals surface area contributed by atoms with Crippen LogP contribution in [-0.2, 0) is 4.79 Å². The highest BCUT2D eigenvalue weighted by molar-refractivity contribution is 9.11. The minimum Gasteiger partial charge on any atom is -0.277 e. The second-order valence-corrected chi connectivity index (χ2v) is 9.90. The van der Waals surface area contributed by atoms with Gasteiger partial charge in [-0.3, -0.25) is 4.79 Å². The van der Waals surface area contributed by atoms with Gasteiger partial charge in [0.2, 0.25) is 6.41 Å². The van der Waals surface area contributed by atoms with Crippen LogP contribution in [0.1, 0.15) is 29.2 Å². The number of thiophene rings is 1. The van der Waals surface area contributed by atoms with Gasteiger partial charge in [0.1, 0.15) is 5.69 Å². The largest absolute Gasteiger partial charge is 0.277 e. The molecule has 0 saturated carbocycles. The Kier molecular flexibility index (Phi) is 5.29. The molecule has 1 amide bonds. The second-order valence-electron chi connectivity index (χ2n) is 7.43. The smallest absolute Gasteiger partial charge is 0.230 e. The molecule has 4 aromatic rings. The fraction of sp³-hybridized carbons (Fsp3) is 0.125. The fourth-order valence-electron chi connectivity index (χ4n) is 3.77.